The summed E-state index contributed by atoms with van der Waals surface area (Å²) in [6, 6.07) is 16.0. The molecule has 0 atom stereocenters. The number of nitrogens with zero attached hydrogens (tertiary/aromatic N) is 3. The van der Waals surface area contributed by atoms with Gasteiger partial charge >= 0.3 is 0 Å². The zero-order valence-corrected chi connectivity index (χ0v) is 17.8. The van der Waals surface area contributed by atoms with Crippen molar-refractivity contribution in [2.24, 2.45) is 4.99 Å². The van der Waals surface area contributed by atoms with Crippen LogP contribution in [-0.4, -0.2) is 29.8 Å². The molecule has 0 aliphatic heterocycles. The minimum atomic E-state index is 0.533. The van der Waals surface area contributed by atoms with Crippen molar-refractivity contribution in [2.45, 2.75) is 39.8 Å². The van der Waals surface area contributed by atoms with Gasteiger partial charge in [-0.1, -0.05) is 42.4 Å². The molecule has 0 bridgehead atoms. The molecule has 0 saturated carbocycles. The number of hydrogen-bond acceptors (Lipinski definition) is 5. The highest BCUT2D eigenvalue weighted by molar-refractivity contribution is 5.79. The van der Waals surface area contributed by atoms with Gasteiger partial charge in [0.1, 0.15) is 5.75 Å². The van der Waals surface area contributed by atoms with E-state index in [1.807, 2.05) is 55.5 Å². The molecular weight excluding hydrogens is 378 g/mol. The van der Waals surface area contributed by atoms with Crippen molar-refractivity contribution in [2.75, 3.05) is 13.7 Å². The summed E-state index contributed by atoms with van der Waals surface area (Å²) < 4.78 is 10.8. The number of aliphatic imine (C=N–C) groups is 1. The van der Waals surface area contributed by atoms with Crippen LogP contribution in [0.25, 0.3) is 11.5 Å². The highest BCUT2D eigenvalue weighted by Gasteiger charge is 2.09. The second kappa shape index (κ2) is 11.0. The third kappa shape index (κ3) is 5.83. The maximum Gasteiger partial charge on any atom is 0.257 e. The number of methoxy groups -OCH3 is 1. The molecule has 0 unspecified atom stereocenters. The van der Waals surface area contributed by atoms with Crippen LogP contribution in [0.1, 0.15) is 37.2 Å². The fraction of sp³-hybridized carbons (Fsp3) is 0.348. The van der Waals surface area contributed by atoms with Crippen molar-refractivity contribution in [1.29, 1.82) is 0 Å². The van der Waals surface area contributed by atoms with Gasteiger partial charge in [0, 0.05) is 30.6 Å². The van der Waals surface area contributed by atoms with Crippen molar-refractivity contribution in [1.82, 2.24) is 20.8 Å². The summed E-state index contributed by atoms with van der Waals surface area (Å²) in [6.45, 7) is 6.08. The van der Waals surface area contributed by atoms with Crippen LogP contribution in [0.15, 0.2) is 58.0 Å². The van der Waals surface area contributed by atoms with Gasteiger partial charge in [-0.05, 0) is 37.1 Å². The van der Waals surface area contributed by atoms with E-state index in [1.165, 1.54) is 0 Å². The zero-order valence-electron chi connectivity index (χ0n) is 17.8. The number of aromatic nitrogens is 2. The van der Waals surface area contributed by atoms with Crippen LogP contribution in [0, 0.1) is 0 Å². The van der Waals surface area contributed by atoms with Gasteiger partial charge in [0.15, 0.2) is 11.8 Å². The average molecular weight is 408 g/mol. The first kappa shape index (κ1) is 21.4. The number of aryl methyl sites for hydroxylation is 1. The van der Waals surface area contributed by atoms with Gasteiger partial charge in [0.2, 0.25) is 0 Å². The highest BCUT2D eigenvalue weighted by Crippen LogP contribution is 2.20. The molecule has 2 aromatic carbocycles. The minimum absolute atomic E-state index is 0.533. The van der Waals surface area contributed by atoms with Crippen LogP contribution in [-0.2, 0) is 19.5 Å². The van der Waals surface area contributed by atoms with Crippen molar-refractivity contribution >= 4 is 5.96 Å². The van der Waals surface area contributed by atoms with Gasteiger partial charge in [-0.2, -0.15) is 4.98 Å². The van der Waals surface area contributed by atoms with Crippen molar-refractivity contribution < 1.29 is 9.26 Å². The lowest BCUT2D eigenvalue weighted by atomic mass is 10.1. The van der Waals surface area contributed by atoms with Gasteiger partial charge in [-0.15, -0.1) is 0 Å². The number of para-hydroxylation sites is 1. The predicted molar refractivity (Wildman–Crippen MR) is 118 cm³/mol. The van der Waals surface area contributed by atoms with Crippen LogP contribution in [0.2, 0.25) is 0 Å². The second-order valence-electron chi connectivity index (χ2n) is 6.83. The number of benzene rings is 2. The molecule has 7 nitrogen and oxygen atoms in total. The van der Waals surface area contributed by atoms with Gasteiger partial charge in [0.05, 0.1) is 13.7 Å². The van der Waals surface area contributed by atoms with Crippen molar-refractivity contribution in [3.05, 3.63) is 65.5 Å². The smallest absolute Gasteiger partial charge is 0.257 e. The molecule has 30 heavy (non-hydrogen) atoms. The predicted octanol–water partition coefficient (Wildman–Crippen LogP) is 3.95. The summed E-state index contributed by atoms with van der Waals surface area (Å²) >= 11 is 0. The van der Waals surface area contributed by atoms with E-state index < -0.39 is 0 Å². The molecule has 0 saturated heterocycles. The molecule has 0 fully saturated rings. The van der Waals surface area contributed by atoms with Crippen molar-refractivity contribution in [3.8, 4) is 17.2 Å². The SMILES string of the molecule is CCCc1noc(-c2cccc(CN=C(NCC)NCc3ccccc3OC)c2)n1. The van der Waals surface area contributed by atoms with Crippen LogP contribution in [0.4, 0.5) is 0 Å². The van der Waals surface area contributed by atoms with Gasteiger partial charge in [-0.25, -0.2) is 4.99 Å². The Morgan fingerprint density at radius 1 is 1.10 bits per heavy atom. The topological polar surface area (TPSA) is 84.6 Å². The Morgan fingerprint density at radius 2 is 1.97 bits per heavy atom. The standard InChI is InChI=1S/C23H29N5O2/c1-4-9-21-27-22(30-28-21)18-12-8-10-17(14-18)15-25-23(24-5-2)26-16-19-11-6-7-13-20(19)29-3/h6-8,10-14H,4-5,9,15-16H2,1-3H3,(H2,24,25,26). The first-order valence-corrected chi connectivity index (χ1v) is 10.3. The molecule has 0 amide bonds. The van der Waals surface area contributed by atoms with Crippen LogP contribution >= 0.6 is 0 Å². The Labute approximate surface area is 177 Å². The zero-order chi connectivity index (χ0) is 21.2. The summed E-state index contributed by atoms with van der Waals surface area (Å²) in [5.74, 6) is 2.89. The number of rotatable bonds is 9. The van der Waals surface area contributed by atoms with Gasteiger partial charge in [-0.3, -0.25) is 0 Å². The first-order chi connectivity index (χ1) is 14.7. The average Bonchev–Trinajstić information content (AvgIpc) is 3.25. The Morgan fingerprint density at radius 3 is 2.77 bits per heavy atom. The molecule has 3 rings (SSSR count). The molecule has 0 radical (unpaired) electrons. The molecule has 7 heteroatoms. The van der Waals surface area contributed by atoms with Crippen LogP contribution < -0.4 is 15.4 Å². The fourth-order valence-corrected chi connectivity index (χ4v) is 3.04. The van der Waals surface area contributed by atoms with Crippen LogP contribution in [0.3, 0.4) is 0 Å². The molecule has 0 aliphatic carbocycles. The maximum atomic E-state index is 5.42. The highest BCUT2D eigenvalue weighted by atomic mass is 16.5. The van der Waals surface area contributed by atoms with E-state index in [1.54, 1.807) is 7.11 Å². The monoisotopic (exact) mass is 407 g/mol. The number of hydrogen-bond donors (Lipinski definition) is 2. The lowest BCUT2D eigenvalue weighted by Crippen LogP contribution is -2.36. The fourth-order valence-electron chi connectivity index (χ4n) is 3.04. The largest absolute Gasteiger partial charge is 0.496 e. The van der Waals surface area contributed by atoms with E-state index in [-0.39, 0.29) is 0 Å². The number of nitrogens with one attached hydrogen (secondary N) is 2. The van der Waals surface area contributed by atoms with E-state index in [0.29, 0.717) is 19.0 Å². The first-order valence-electron chi connectivity index (χ1n) is 10.3. The Balaban J connectivity index is 1.68. The number of ether oxygens (including phenoxy) is 1. The Hall–Kier alpha value is -3.35. The van der Waals surface area contributed by atoms with E-state index in [2.05, 4.69) is 27.7 Å². The Kier molecular flexibility index (Phi) is 7.83. The summed E-state index contributed by atoms with van der Waals surface area (Å²) in [6.07, 6.45) is 1.81. The molecular formula is C23H29N5O2. The molecule has 0 aliphatic rings. The quantitative estimate of drug-likeness (QED) is 0.413. The third-order valence-corrected chi connectivity index (χ3v) is 4.52. The lowest BCUT2D eigenvalue weighted by molar-refractivity contribution is 0.409. The molecule has 2 N–H and O–H groups in total. The maximum absolute atomic E-state index is 5.42. The number of guanidine groups is 1. The second-order valence-corrected chi connectivity index (χ2v) is 6.83. The van der Waals surface area contributed by atoms with Gasteiger partial charge in [0.25, 0.3) is 5.89 Å². The summed E-state index contributed by atoms with van der Waals surface area (Å²) in [4.78, 5) is 9.18. The van der Waals surface area contributed by atoms with E-state index in [4.69, 9.17) is 14.3 Å². The molecule has 1 heterocycles. The van der Waals surface area contributed by atoms with Gasteiger partial charge < -0.3 is 19.9 Å². The normalized spacial score (nSPS) is 11.4. The molecule has 3 aromatic rings. The summed E-state index contributed by atoms with van der Waals surface area (Å²) in [7, 11) is 1.68. The van der Waals surface area contributed by atoms with Crippen LogP contribution in [0.5, 0.6) is 5.75 Å². The molecule has 158 valence electrons. The lowest BCUT2D eigenvalue weighted by Gasteiger charge is -2.13. The molecule has 1 aromatic heterocycles. The van der Waals surface area contributed by atoms with E-state index >= 15 is 0 Å². The minimum Gasteiger partial charge on any atom is -0.496 e. The summed E-state index contributed by atoms with van der Waals surface area (Å²) in [5.41, 5.74) is 3.05. The van der Waals surface area contributed by atoms with Crippen molar-refractivity contribution in [3.63, 3.8) is 0 Å². The summed E-state index contributed by atoms with van der Waals surface area (Å²) in [5, 5.41) is 10.7. The molecule has 0 spiro atoms. The van der Waals surface area contributed by atoms with E-state index in [9.17, 15) is 0 Å². The Bertz CT molecular complexity index is 967. The van der Waals surface area contributed by atoms with E-state index in [0.717, 1.165) is 53.6 Å². The third-order valence-electron chi connectivity index (χ3n) is 4.52.